The summed E-state index contributed by atoms with van der Waals surface area (Å²) in [7, 11) is 0. The minimum absolute atomic E-state index is 0.611. The molecule has 0 saturated carbocycles. The van der Waals surface area contributed by atoms with Crippen LogP contribution in [0.3, 0.4) is 0 Å². The molecular weight excluding hydrogens is 192 g/mol. The predicted octanol–water partition coefficient (Wildman–Crippen LogP) is -2.46. The Kier molecular flexibility index (Phi) is 3.59. The Morgan fingerprint density at radius 2 is 2.07 bits per heavy atom. The maximum Gasteiger partial charge on any atom is 0.331 e. The average Bonchev–Trinajstić information content (AvgIpc) is 2.61. The first-order valence-corrected chi connectivity index (χ1v) is 4.10. The third kappa shape index (κ3) is 2.30. The lowest BCUT2D eigenvalue weighted by Gasteiger charge is -2.24. The minimum atomic E-state index is -1.56. The van der Waals surface area contributed by atoms with E-state index in [9.17, 15) is 15.0 Å². The Labute approximate surface area is 80.1 Å². The van der Waals surface area contributed by atoms with Gasteiger partial charge < -0.3 is 25.2 Å². The SMILES string of the molecule is O=C1C=C[C@@H]([C@@H](O)[C@H](O)[C@H](O)CO)O1. The Balaban J connectivity index is 2.52. The molecule has 0 amide bonds. The molecule has 14 heavy (non-hydrogen) atoms. The van der Waals surface area contributed by atoms with Crippen molar-refractivity contribution >= 4 is 5.97 Å². The first-order chi connectivity index (χ1) is 6.56. The molecule has 1 heterocycles. The van der Waals surface area contributed by atoms with E-state index in [0.717, 1.165) is 6.08 Å². The molecule has 0 spiro atoms. The highest BCUT2D eigenvalue weighted by molar-refractivity contribution is 5.84. The number of rotatable bonds is 4. The largest absolute Gasteiger partial charge is 0.452 e. The molecule has 6 heteroatoms. The van der Waals surface area contributed by atoms with Crippen LogP contribution in [0.15, 0.2) is 12.2 Å². The topological polar surface area (TPSA) is 107 Å². The number of hydrogen-bond acceptors (Lipinski definition) is 6. The van der Waals surface area contributed by atoms with E-state index in [1.54, 1.807) is 0 Å². The minimum Gasteiger partial charge on any atom is -0.452 e. The van der Waals surface area contributed by atoms with Crippen LogP contribution >= 0.6 is 0 Å². The fourth-order valence-corrected chi connectivity index (χ4v) is 1.10. The van der Waals surface area contributed by atoms with Gasteiger partial charge in [-0.2, -0.15) is 0 Å². The van der Waals surface area contributed by atoms with Crippen molar-refractivity contribution in [3.63, 3.8) is 0 Å². The summed E-state index contributed by atoms with van der Waals surface area (Å²) in [6.07, 6.45) is -3.04. The molecule has 1 rings (SSSR count). The molecule has 0 bridgehead atoms. The highest BCUT2D eigenvalue weighted by atomic mass is 16.6. The van der Waals surface area contributed by atoms with Crippen molar-refractivity contribution in [1.29, 1.82) is 0 Å². The number of cyclic esters (lactones) is 1. The quantitative estimate of drug-likeness (QED) is 0.378. The molecule has 80 valence electrons. The second-order valence-electron chi connectivity index (χ2n) is 2.99. The normalized spacial score (nSPS) is 27.1. The van der Waals surface area contributed by atoms with Crippen molar-refractivity contribution in [1.82, 2.24) is 0 Å². The maximum absolute atomic E-state index is 10.6. The van der Waals surface area contributed by atoms with E-state index in [1.807, 2.05) is 0 Å². The molecule has 1 aliphatic rings. The highest BCUT2D eigenvalue weighted by Crippen LogP contribution is 2.14. The summed E-state index contributed by atoms with van der Waals surface area (Å²) in [4.78, 5) is 10.6. The Morgan fingerprint density at radius 1 is 1.43 bits per heavy atom. The third-order valence-electron chi connectivity index (χ3n) is 1.94. The van der Waals surface area contributed by atoms with Crippen LogP contribution in [0.25, 0.3) is 0 Å². The van der Waals surface area contributed by atoms with Crippen molar-refractivity contribution in [3.8, 4) is 0 Å². The van der Waals surface area contributed by atoms with Gasteiger partial charge in [-0.15, -0.1) is 0 Å². The molecule has 4 N–H and O–H groups in total. The van der Waals surface area contributed by atoms with Gasteiger partial charge in [-0.1, -0.05) is 0 Å². The smallest absolute Gasteiger partial charge is 0.331 e. The van der Waals surface area contributed by atoms with Crippen LogP contribution in [-0.4, -0.2) is 57.4 Å². The standard InChI is InChI=1S/C8H12O6/c9-3-4(10)7(12)8(13)5-1-2-6(11)14-5/h1-2,4-5,7-10,12-13H,3H2/t4-,5+,7-,8-/m1/s1. The van der Waals surface area contributed by atoms with Crippen molar-refractivity contribution in [2.75, 3.05) is 6.61 Å². The number of carbonyl (C=O) groups is 1. The number of carbonyl (C=O) groups excluding carboxylic acids is 1. The summed E-state index contributed by atoms with van der Waals surface area (Å²) in [6, 6.07) is 0. The summed E-state index contributed by atoms with van der Waals surface area (Å²) in [5, 5.41) is 36.1. The predicted molar refractivity (Wildman–Crippen MR) is 44.1 cm³/mol. The van der Waals surface area contributed by atoms with Crippen LogP contribution in [0.1, 0.15) is 0 Å². The summed E-state index contributed by atoms with van der Waals surface area (Å²) in [6.45, 7) is -0.678. The fourth-order valence-electron chi connectivity index (χ4n) is 1.10. The van der Waals surface area contributed by atoms with E-state index in [1.165, 1.54) is 6.08 Å². The molecule has 1 aliphatic heterocycles. The van der Waals surface area contributed by atoms with Crippen molar-refractivity contribution in [2.24, 2.45) is 0 Å². The van der Waals surface area contributed by atoms with E-state index < -0.39 is 37.0 Å². The molecule has 0 aromatic carbocycles. The molecule has 0 unspecified atom stereocenters. The first-order valence-electron chi connectivity index (χ1n) is 4.10. The molecule has 4 atom stereocenters. The van der Waals surface area contributed by atoms with Gasteiger partial charge in [0.2, 0.25) is 0 Å². The number of aliphatic hydroxyl groups excluding tert-OH is 4. The van der Waals surface area contributed by atoms with E-state index in [-0.39, 0.29) is 0 Å². The van der Waals surface area contributed by atoms with E-state index in [0.29, 0.717) is 0 Å². The number of esters is 1. The number of aliphatic hydroxyl groups is 4. The first kappa shape index (κ1) is 11.1. The van der Waals surface area contributed by atoms with E-state index >= 15 is 0 Å². The Hall–Kier alpha value is -0.950. The summed E-state index contributed by atoms with van der Waals surface area (Å²) in [5.74, 6) is -0.611. The van der Waals surface area contributed by atoms with Gasteiger partial charge in [0, 0.05) is 6.08 Å². The van der Waals surface area contributed by atoms with Gasteiger partial charge in [-0.3, -0.25) is 0 Å². The molecule has 0 aromatic heterocycles. The average molecular weight is 204 g/mol. The highest BCUT2D eigenvalue weighted by Gasteiger charge is 2.33. The van der Waals surface area contributed by atoms with Crippen molar-refractivity contribution in [2.45, 2.75) is 24.4 Å². The van der Waals surface area contributed by atoms with Gasteiger partial charge in [0.05, 0.1) is 6.61 Å². The fraction of sp³-hybridized carbons (Fsp3) is 0.625. The third-order valence-corrected chi connectivity index (χ3v) is 1.94. The van der Waals surface area contributed by atoms with Gasteiger partial charge in [-0.25, -0.2) is 4.79 Å². The molecule has 0 aliphatic carbocycles. The van der Waals surface area contributed by atoms with Gasteiger partial charge in [-0.05, 0) is 6.08 Å². The number of hydrogen-bond donors (Lipinski definition) is 4. The van der Waals surface area contributed by atoms with Crippen molar-refractivity contribution in [3.05, 3.63) is 12.2 Å². The zero-order chi connectivity index (χ0) is 10.7. The molecule has 0 fully saturated rings. The zero-order valence-corrected chi connectivity index (χ0v) is 7.28. The van der Waals surface area contributed by atoms with Crippen LogP contribution in [0, 0.1) is 0 Å². The lowest BCUT2D eigenvalue weighted by atomic mass is 10.0. The second kappa shape index (κ2) is 4.52. The zero-order valence-electron chi connectivity index (χ0n) is 7.28. The van der Waals surface area contributed by atoms with Crippen LogP contribution in [0.2, 0.25) is 0 Å². The van der Waals surface area contributed by atoms with Crippen LogP contribution in [0.4, 0.5) is 0 Å². The molecule has 6 nitrogen and oxygen atoms in total. The Morgan fingerprint density at radius 3 is 2.50 bits per heavy atom. The number of ether oxygens (including phenoxy) is 1. The van der Waals surface area contributed by atoms with E-state index in [2.05, 4.69) is 4.74 Å². The summed E-state index contributed by atoms with van der Waals surface area (Å²) < 4.78 is 4.59. The molecule has 0 saturated heterocycles. The van der Waals surface area contributed by atoms with Crippen molar-refractivity contribution < 1.29 is 30.0 Å². The van der Waals surface area contributed by atoms with Gasteiger partial charge >= 0.3 is 5.97 Å². The second-order valence-corrected chi connectivity index (χ2v) is 2.99. The van der Waals surface area contributed by atoms with Gasteiger partial charge in [0.25, 0.3) is 0 Å². The molecule has 0 radical (unpaired) electrons. The van der Waals surface area contributed by atoms with Gasteiger partial charge in [0.1, 0.15) is 24.4 Å². The Bertz CT molecular complexity index is 238. The maximum atomic E-state index is 10.6. The van der Waals surface area contributed by atoms with Crippen LogP contribution in [-0.2, 0) is 9.53 Å². The molecule has 0 aromatic rings. The van der Waals surface area contributed by atoms with Crippen LogP contribution < -0.4 is 0 Å². The molecular formula is C8H12O6. The summed E-state index contributed by atoms with van der Waals surface area (Å²) in [5.41, 5.74) is 0. The monoisotopic (exact) mass is 204 g/mol. The van der Waals surface area contributed by atoms with Crippen LogP contribution in [0.5, 0.6) is 0 Å². The van der Waals surface area contributed by atoms with Gasteiger partial charge in [0.15, 0.2) is 0 Å². The lowest BCUT2D eigenvalue weighted by molar-refractivity contribution is -0.151. The summed E-state index contributed by atoms with van der Waals surface area (Å²) >= 11 is 0. The lowest BCUT2D eigenvalue weighted by Crippen LogP contribution is -2.45. The van der Waals surface area contributed by atoms with E-state index in [4.69, 9.17) is 10.2 Å².